The van der Waals surface area contributed by atoms with E-state index in [0.29, 0.717) is 12.1 Å². The van der Waals surface area contributed by atoms with Crippen LogP contribution in [-0.4, -0.2) is 21.6 Å². The van der Waals surface area contributed by atoms with Crippen LogP contribution in [0.15, 0.2) is 17.1 Å². The third kappa shape index (κ3) is 1.64. The van der Waals surface area contributed by atoms with Crippen LogP contribution in [0.5, 0.6) is 0 Å². The van der Waals surface area contributed by atoms with Crippen molar-refractivity contribution in [2.24, 2.45) is 0 Å². The molecule has 1 atom stereocenters. The van der Waals surface area contributed by atoms with Gasteiger partial charge in [-0.2, -0.15) is 0 Å². The SMILES string of the molecule is CC(C)N1c2ccnc(=O)n2CCC1C. The highest BCUT2D eigenvalue weighted by atomic mass is 16.1. The quantitative estimate of drug-likeness (QED) is 0.695. The molecule has 0 N–H and O–H groups in total. The minimum absolute atomic E-state index is 0.134. The van der Waals surface area contributed by atoms with Gasteiger partial charge in [-0.3, -0.25) is 4.57 Å². The van der Waals surface area contributed by atoms with Crippen molar-refractivity contribution >= 4 is 5.82 Å². The number of rotatable bonds is 1. The van der Waals surface area contributed by atoms with E-state index < -0.39 is 0 Å². The largest absolute Gasteiger partial charge is 0.353 e. The average molecular weight is 207 g/mol. The molecule has 1 aromatic heterocycles. The molecule has 0 amide bonds. The van der Waals surface area contributed by atoms with Crippen LogP contribution >= 0.6 is 0 Å². The summed E-state index contributed by atoms with van der Waals surface area (Å²) >= 11 is 0. The summed E-state index contributed by atoms with van der Waals surface area (Å²) in [7, 11) is 0. The molecule has 0 aliphatic carbocycles. The van der Waals surface area contributed by atoms with Gasteiger partial charge >= 0.3 is 5.69 Å². The van der Waals surface area contributed by atoms with Crippen molar-refractivity contribution in [2.45, 2.75) is 45.8 Å². The average Bonchev–Trinajstić information content (AvgIpc) is 2.17. The number of hydrogen-bond donors (Lipinski definition) is 0. The van der Waals surface area contributed by atoms with Gasteiger partial charge in [-0.1, -0.05) is 0 Å². The van der Waals surface area contributed by atoms with Crippen molar-refractivity contribution in [3.05, 3.63) is 22.7 Å². The van der Waals surface area contributed by atoms with Crippen LogP contribution in [0.2, 0.25) is 0 Å². The molecule has 0 saturated carbocycles. The molecule has 0 spiro atoms. The number of nitrogens with zero attached hydrogens (tertiary/aromatic N) is 3. The second kappa shape index (κ2) is 3.68. The molecule has 2 rings (SSSR count). The zero-order valence-corrected chi connectivity index (χ0v) is 9.47. The molecule has 0 fully saturated rings. The van der Waals surface area contributed by atoms with E-state index in [9.17, 15) is 4.79 Å². The van der Waals surface area contributed by atoms with Crippen LogP contribution in [0.3, 0.4) is 0 Å². The number of aromatic nitrogens is 2. The molecular formula is C11H17N3O. The monoisotopic (exact) mass is 207 g/mol. The van der Waals surface area contributed by atoms with Crippen LogP contribution in [0.4, 0.5) is 5.82 Å². The summed E-state index contributed by atoms with van der Waals surface area (Å²) in [4.78, 5) is 17.6. The fourth-order valence-electron chi connectivity index (χ4n) is 2.32. The third-order valence-electron chi connectivity index (χ3n) is 2.98. The highest BCUT2D eigenvalue weighted by molar-refractivity contribution is 5.42. The molecule has 1 aliphatic heterocycles. The second-order valence-corrected chi connectivity index (χ2v) is 4.38. The van der Waals surface area contributed by atoms with Gasteiger partial charge in [-0.25, -0.2) is 9.78 Å². The van der Waals surface area contributed by atoms with Gasteiger partial charge in [-0.05, 0) is 33.3 Å². The Kier molecular flexibility index (Phi) is 2.50. The first-order valence-electron chi connectivity index (χ1n) is 5.45. The minimum atomic E-state index is -0.134. The van der Waals surface area contributed by atoms with Gasteiger partial charge in [0.2, 0.25) is 0 Å². The van der Waals surface area contributed by atoms with Crippen molar-refractivity contribution in [1.29, 1.82) is 0 Å². The summed E-state index contributed by atoms with van der Waals surface area (Å²) in [5.41, 5.74) is -0.134. The zero-order chi connectivity index (χ0) is 11.0. The molecule has 82 valence electrons. The van der Waals surface area contributed by atoms with E-state index >= 15 is 0 Å². The Morgan fingerprint density at radius 2 is 2.27 bits per heavy atom. The Balaban J connectivity index is 2.53. The lowest BCUT2D eigenvalue weighted by molar-refractivity contribution is 0.436. The topological polar surface area (TPSA) is 38.1 Å². The summed E-state index contributed by atoms with van der Waals surface area (Å²) in [5.74, 6) is 1.00. The predicted molar refractivity (Wildman–Crippen MR) is 60.2 cm³/mol. The number of fused-ring (bicyclic) bond motifs is 1. The molecule has 1 aromatic rings. The van der Waals surface area contributed by atoms with Crippen LogP contribution in [0, 0.1) is 0 Å². The lowest BCUT2D eigenvalue weighted by atomic mass is 10.1. The van der Waals surface area contributed by atoms with Crippen LogP contribution in [0.25, 0.3) is 0 Å². The molecular weight excluding hydrogens is 190 g/mol. The number of hydrogen-bond acceptors (Lipinski definition) is 3. The van der Waals surface area contributed by atoms with Gasteiger partial charge in [0.15, 0.2) is 0 Å². The first kappa shape index (κ1) is 10.2. The van der Waals surface area contributed by atoms with Crippen molar-refractivity contribution in [3.8, 4) is 0 Å². The maximum absolute atomic E-state index is 11.6. The summed E-state index contributed by atoms with van der Waals surface area (Å²) in [6.45, 7) is 7.29. The van der Waals surface area contributed by atoms with Crippen molar-refractivity contribution in [3.63, 3.8) is 0 Å². The Labute approximate surface area is 89.6 Å². The Hall–Kier alpha value is -1.32. The normalized spacial score (nSPS) is 20.5. The lowest BCUT2D eigenvalue weighted by Crippen LogP contribution is -2.47. The molecule has 0 bridgehead atoms. The lowest BCUT2D eigenvalue weighted by Gasteiger charge is -2.40. The molecule has 0 radical (unpaired) electrons. The van der Waals surface area contributed by atoms with E-state index in [4.69, 9.17) is 0 Å². The second-order valence-electron chi connectivity index (χ2n) is 4.38. The molecule has 1 unspecified atom stereocenters. The molecule has 4 heteroatoms. The Morgan fingerprint density at radius 1 is 1.53 bits per heavy atom. The van der Waals surface area contributed by atoms with E-state index in [-0.39, 0.29) is 5.69 Å². The van der Waals surface area contributed by atoms with E-state index in [1.807, 2.05) is 6.07 Å². The molecule has 4 nitrogen and oxygen atoms in total. The summed E-state index contributed by atoms with van der Waals surface area (Å²) in [6, 6.07) is 2.83. The van der Waals surface area contributed by atoms with Gasteiger partial charge in [0.05, 0.1) is 0 Å². The van der Waals surface area contributed by atoms with E-state index in [1.54, 1.807) is 10.8 Å². The number of anilines is 1. The predicted octanol–water partition coefficient (Wildman–Crippen LogP) is 1.25. The van der Waals surface area contributed by atoms with E-state index in [2.05, 4.69) is 30.7 Å². The maximum atomic E-state index is 11.6. The molecule has 0 saturated heterocycles. The summed E-state index contributed by atoms with van der Waals surface area (Å²) < 4.78 is 1.76. The van der Waals surface area contributed by atoms with Gasteiger partial charge in [0, 0.05) is 24.8 Å². The van der Waals surface area contributed by atoms with Crippen LogP contribution in [0.1, 0.15) is 27.2 Å². The van der Waals surface area contributed by atoms with E-state index in [0.717, 1.165) is 18.8 Å². The van der Waals surface area contributed by atoms with Gasteiger partial charge < -0.3 is 4.90 Å². The van der Waals surface area contributed by atoms with Crippen molar-refractivity contribution in [2.75, 3.05) is 4.90 Å². The summed E-state index contributed by atoms with van der Waals surface area (Å²) in [5, 5.41) is 0. The third-order valence-corrected chi connectivity index (χ3v) is 2.98. The zero-order valence-electron chi connectivity index (χ0n) is 9.47. The van der Waals surface area contributed by atoms with Gasteiger partial charge in [-0.15, -0.1) is 0 Å². The highest BCUT2D eigenvalue weighted by Gasteiger charge is 2.25. The fraction of sp³-hybridized carbons (Fsp3) is 0.636. The fourth-order valence-corrected chi connectivity index (χ4v) is 2.32. The highest BCUT2D eigenvalue weighted by Crippen LogP contribution is 2.24. The smallest absolute Gasteiger partial charge is 0.349 e. The Morgan fingerprint density at radius 3 is 2.93 bits per heavy atom. The first-order chi connectivity index (χ1) is 7.11. The molecule has 2 heterocycles. The van der Waals surface area contributed by atoms with Gasteiger partial charge in [0.25, 0.3) is 0 Å². The maximum Gasteiger partial charge on any atom is 0.349 e. The Bertz CT molecular complexity index is 411. The van der Waals surface area contributed by atoms with Crippen molar-refractivity contribution < 1.29 is 0 Å². The molecule has 15 heavy (non-hydrogen) atoms. The minimum Gasteiger partial charge on any atom is -0.353 e. The van der Waals surface area contributed by atoms with E-state index in [1.165, 1.54) is 0 Å². The van der Waals surface area contributed by atoms with Crippen molar-refractivity contribution in [1.82, 2.24) is 9.55 Å². The molecule has 1 aliphatic rings. The van der Waals surface area contributed by atoms with Crippen LogP contribution < -0.4 is 10.6 Å². The summed E-state index contributed by atoms with van der Waals surface area (Å²) in [6.07, 6.45) is 2.61. The van der Waals surface area contributed by atoms with Crippen LogP contribution in [-0.2, 0) is 6.54 Å². The molecule has 0 aromatic carbocycles. The van der Waals surface area contributed by atoms with Gasteiger partial charge in [0.1, 0.15) is 5.82 Å². The standard InChI is InChI=1S/C11H17N3O/c1-8(2)14-9(3)5-7-13-10(14)4-6-12-11(13)15/h4,6,8-9H,5,7H2,1-3H3. The first-order valence-corrected chi connectivity index (χ1v) is 5.45.